The van der Waals surface area contributed by atoms with Crippen LogP contribution in [-0.4, -0.2) is 25.7 Å². The van der Waals surface area contributed by atoms with Crippen molar-refractivity contribution >= 4 is 17.7 Å². The summed E-state index contributed by atoms with van der Waals surface area (Å²) in [4.78, 5) is 12.5. The van der Waals surface area contributed by atoms with E-state index in [9.17, 15) is 10.1 Å². The first-order valence-electron chi connectivity index (χ1n) is 9.75. The quantitative estimate of drug-likeness (QED) is 0.404. The smallest absolute Gasteiger partial charge is 0.266 e. The Hall–Kier alpha value is -3.46. The molecule has 1 heterocycles. The number of nitrogens with zero attached hydrogens (tertiary/aromatic N) is 1. The highest BCUT2D eigenvalue weighted by atomic mass is 16.6. The molecule has 6 nitrogen and oxygen atoms in total. The van der Waals surface area contributed by atoms with Crippen molar-refractivity contribution in [3.8, 4) is 23.3 Å². The molecule has 0 unspecified atom stereocenters. The van der Waals surface area contributed by atoms with E-state index >= 15 is 0 Å². The first-order chi connectivity index (χ1) is 14.2. The molecule has 6 heteroatoms. The van der Waals surface area contributed by atoms with Gasteiger partial charge in [0.05, 0.1) is 6.61 Å². The second kappa shape index (κ2) is 10.2. The Morgan fingerprint density at radius 1 is 1.14 bits per heavy atom. The molecular formula is C23H24N2O4. The second-order valence-electron chi connectivity index (χ2n) is 6.61. The van der Waals surface area contributed by atoms with E-state index in [1.807, 2.05) is 30.3 Å². The molecule has 0 atom stereocenters. The lowest BCUT2D eigenvalue weighted by Gasteiger charge is -2.18. The van der Waals surface area contributed by atoms with Crippen molar-refractivity contribution in [2.24, 2.45) is 0 Å². The monoisotopic (exact) mass is 392 g/mol. The Bertz CT molecular complexity index is 913. The van der Waals surface area contributed by atoms with Crippen molar-refractivity contribution in [1.29, 1.82) is 5.26 Å². The van der Waals surface area contributed by atoms with Crippen molar-refractivity contribution in [3.63, 3.8) is 0 Å². The molecule has 0 bridgehead atoms. The fraction of sp³-hybridized carbons (Fsp3) is 0.304. The van der Waals surface area contributed by atoms with Crippen molar-refractivity contribution in [1.82, 2.24) is 0 Å². The highest BCUT2D eigenvalue weighted by Crippen LogP contribution is 2.32. The predicted molar refractivity (Wildman–Crippen MR) is 111 cm³/mol. The summed E-state index contributed by atoms with van der Waals surface area (Å²) < 4.78 is 16.7. The summed E-state index contributed by atoms with van der Waals surface area (Å²) in [5.41, 5.74) is 1.30. The molecule has 0 spiro atoms. The number of anilines is 1. The SMILES string of the molecule is CCCCCOc1ccc(/C=C(\C#N)C(=O)Nc2ccc3c(c2)OCCO3)cc1. The van der Waals surface area contributed by atoms with Crippen LogP contribution in [0.1, 0.15) is 31.7 Å². The zero-order valence-electron chi connectivity index (χ0n) is 16.4. The fourth-order valence-corrected chi connectivity index (χ4v) is 2.84. The first kappa shape index (κ1) is 20.3. The van der Waals surface area contributed by atoms with Crippen LogP contribution in [0.5, 0.6) is 17.2 Å². The largest absolute Gasteiger partial charge is 0.494 e. The normalized spacial score (nSPS) is 12.8. The van der Waals surface area contributed by atoms with Crippen LogP contribution >= 0.6 is 0 Å². The van der Waals surface area contributed by atoms with Crippen molar-refractivity contribution in [3.05, 3.63) is 53.6 Å². The van der Waals surface area contributed by atoms with Gasteiger partial charge >= 0.3 is 0 Å². The molecule has 1 aliphatic rings. The second-order valence-corrected chi connectivity index (χ2v) is 6.61. The predicted octanol–water partition coefficient (Wildman–Crippen LogP) is 4.57. The summed E-state index contributed by atoms with van der Waals surface area (Å²) in [5, 5.41) is 12.1. The van der Waals surface area contributed by atoms with Crippen LogP contribution in [0.4, 0.5) is 5.69 Å². The molecule has 1 N–H and O–H groups in total. The van der Waals surface area contributed by atoms with Gasteiger partial charge in [0, 0.05) is 11.8 Å². The molecule has 0 aliphatic carbocycles. The van der Waals surface area contributed by atoms with E-state index in [1.54, 1.807) is 24.3 Å². The van der Waals surface area contributed by atoms with E-state index in [0.29, 0.717) is 37.0 Å². The van der Waals surface area contributed by atoms with E-state index in [1.165, 1.54) is 0 Å². The molecule has 0 aromatic heterocycles. The van der Waals surface area contributed by atoms with Gasteiger partial charge in [0.25, 0.3) is 5.91 Å². The summed E-state index contributed by atoms with van der Waals surface area (Å²) in [6.07, 6.45) is 4.87. The van der Waals surface area contributed by atoms with Gasteiger partial charge in [0.1, 0.15) is 30.6 Å². The van der Waals surface area contributed by atoms with Crippen LogP contribution in [-0.2, 0) is 4.79 Å². The molecule has 2 aromatic carbocycles. The maximum atomic E-state index is 12.5. The maximum Gasteiger partial charge on any atom is 0.266 e. The molecule has 1 amide bonds. The molecule has 0 radical (unpaired) electrons. The average molecular weight is 392 g/mol. The Kier molecular flexibility index (Phi) is 7.12. The lowest BCUT2D eigenvalue weighted by molar-refractivity contribution is -0.112. The van der Waals surface area contributed by atoms with E-state index in [4.69, 9.17) is 14.2 Å². The molecule has 0 fully saturated rings. The van der Waals surface area contributed by atoms with Crippen LogP contribution < -0.4 is 19.5 Å². The molecule has 1 aliphatic heterocycles. The number of hydrogen-bond acceptors (Lipinski definition) is 5. The number of carbonyl (C=O) groups excluding carboxylic acids is 1. The van der Waals surface area contributed by atoms with Crippen LogP contribution in [0.25, 0.3) is 6.08 Å². The summed E-state index contributed by atoms with van der Waals surface area (Å²) in [5.74, 6) is 1.51. The number of rotatable bonds is 8. The number of nitrogens with one attached hydrogen (secondary N) is 1. The van der Waals surface area contributed by atoms with Gasteiger partial charge in [0.15, 0.2) is 11.5 Å². The zero-order chi connectivity index (χ0) is 20.5. The number of amides is 1. The fourth-order valence-electron chi connectivity index (χ4n) is 2.84. The zero-order valence-corrected chi connectivity index (χ0v) is 16.4. The minimum absolute atomic E-state index is 0.0107. The minimum atomic E-state index is -0.482. The van der Waals surface area contributed by atoms with Crippen LogP contribution in [0.15, 0.2) is 48.0 Å². The third-order valence-electron chi connectivity index (χ3n) is 4.37. The lowest BCUT2D eigenvalue weighted by Crippen LogP contribution is -2.17. The Labute approximate surface area is 170 Å². The van der Waals surface area contributed by atoms with E-state index in [0.717, 1.165) is 30.6 Å². The van der Waals surface area contributed by atoms with Crippen LogP contribution in [0.3, 0.4) is 0 Å². The highest BCUT2D eigenvalue weighted by Gasteiger charge is 2.14. The maximum absolute atomic E-state index is 12.5. The summed E-state index contributed by atoms with van der Waals surface area (Å²) >= 11 is 0. The van der Waals surface area contributed by atoms with Crippen molar-refractivity contribution in [2.45, 2.75) is 26.2 Å². The number of nitriles is 1. The van der Waals surface area contributed by atoms with Gasteiger partial charge in [-0.05, 0) is 42.3 Å². The standard InChI is InChI=1S/C23H24N2O4/c1-2-3-4-11-27-20-8-5-17(6-9-20)14-18(16-24)23(26)25-19-7-10-21-22(15-19)29-13-12-28-21/h5-10,14-15H,2-4,11-13H2,1H3,(H,25,26)/b18-14+. The molecule has 3 rings (SSSR count). The molecule has 150 valence electrons. The highest BCUT2D eigenvalue weighted by molar-refractivity contribution is 6.09. The van der Waals surface area contributed by atoms with Crippen LogP contribution in [0.2, 0.25) is 0 Å². The van der Waals surface area contributed by atoms with Gasteiger partial charge in [-0.25, -0.2) is 0 Å². The molecular weight excluding hydrogens is 368 g/mol. The Balaban J connectivity index is 1.63. The number of carbonyl (C=O) groups is 1. The summed E-state index contributed by atoms with van der Waals surface area (Å²) in [6.45, 7) is 3.80. The van der Waals surface area contributed by atoms with Gasteiger partial charge in [0.2, 0.25) is 0 Å². The van der Waals surface area contributed by atoms with Gasteiger partial charge < -0.3 is 19.5 Å². The molecule has 0 saturated carbocycles. The third kappa shape index (κ3) is 5.76. The lowest BCUT2D eigenvalue weighted by atomic mass is 10.1. The minimum Gasteiger partial charge on any atom is -0.494 e. The van der Waals surface area contributed by atoms with E-state index < -0.39 is 5.91 Å². The van der Waals surface area contributed by atoms with Gasteiger partial charge in [-0.1, -0.05) is 31.9 Å². The summed E-state index contributed by atoms with van der Waals surface area (Å²) in [7, 11) is 0. The Morgan fingerprint density at radius 2 is 1.90 bits per heavy atom. The topological polar surface area (TPSA) is 80.6 Å². The van der Waals surface area contributed by atoms with E-state index in [-0.39, 0.29) is 5.57 Å². The molecule has 2 aromatic rings. The van der Waals surface area contributed by atoms with E-state index in [2.05, 4.69) is 12.2 Å². The Morgan fingerprint density at radius 3 is 2.62 bits per heavy atom. The molecule has 0 saturated heterocycles. The summed E-state index contributed by atoms with van der Waals surface area (Å²) in [6, 6.07) is 14.4. The van der Waals surface area contributed by atoms with Gasteiger partial charge in [-0.2, -0.15) is 5.26 Å². The molecule has 29 heavy (non-hydrogen) atoms. The number of hydrogen-bond donors (Lipinski definition) is 1. The number of fused-ring (bicyclic) bond motifs is 1. The number of benzene rings is 2. The van der Waals surface area contributed by atoms with Gasteiger partial charge in [-0.15, -0.1) is 0 Å². The number of ether oxygens (including phenoxy) is 3. The van der Waals surface area contributed by atoms with Crippen molar-refractivity contribution in [2.75, 3.05) is 25.1 Å². The van der Waals surface area contributed by atoms with Crippen LogP contribution in [0, 0.1) is 11.3 Å². The van der Waals surface area contributed by atoms with Crippen molar-refractivity contribution < 1.29 is 19.0 Å². The average Bonchev–Trinajstić information content (AvgIpc) is 2.76. The third-order valence-corrected chi connectivity index (χ3v) is 4.37. The number of unbranched alkanes of at least 4 members (excludes halogenated alkanes) is 2. The first-order valence-corrected chi connectivity index (χ1v) is 9.75. The van der Waals surface area contributed by atoms with Gasteiger partial charge in [-0.3, -0.25) is 4.79 Å².